The van der Waals surface area contributed by atoms with E-state index in [2.05, 4.69) is 25.1 Å². The van der Waals surface area contributed by atoms with Gasteiger partial charge in [0.05, 0.1) is 23.7 Å². The molecule has 2 aromatic rings. The maximum atomic E-state index is 12.6. The smallest absolute Gasteiger partial charge is 0.236 e. The number of nitrogens with zero attached hydrogens (tertiary/aromatic N) is 4. The molecule has 0 aromatic carbocycles. The monoisotopic (exact) mass is 460 g/mol. The minimum absolute atomic E-state index is 0.00430. The molecule has 2 aromatic heterocycles. The van der Waals surface area contributed by atoms with Gasteiger partial charge in [0, 0.05) is 62.8 Å². The number of sulfone groups is 1. The standard InChI is InChI=1S/C21H28N6O4S/c28-19(27-9-11-32(30,31)12-10-27)14-25-5-7-26(8-6-25)17-13-18(24-21(29)15-1-2-15)23-20-16(17)3-4-22-20/h3-4,13,15H,1-2,5-12,14H2,(H2,22,23,24,29). The third kappa shape index (κ3) is 4.58. The van der Waals surface area contributed by atoms with Crippen molar-refractivity contribution in [3.63, 3.8) is 0 Å². The van der Waals surface area contributed by atoms with Crippen LogP contribution in [0.2, 0.25) is 0 Å². The topological polar surface area (TPSA) is 119 Å². The molecule has 0 radical (unpaired) electrons. The molecule has 32 heavy (non-hydrogen) atoms. The molecule has 5 rings (SSSR count). The molecule has 2 N–H and O–H groups in total. The van der Waals surface area contributed by atoms with Gasteiger partial charge in [0.1, 0.15) is 11.5 Å². The first-order valence-corrected chi connectivity index (χ1v) is 12.9. The number of aromatic nitrogens is 2. The van der Waals surface area contributed by atoms with Crippen molar-refractivity contribution in [1.82, 2.24) is 19.8 Å². The van der Waals surface area contributed by atoms with E-state index in [4.69, 9.17) is 0 Å². The maximum Gasteiger partial charge on any atom is 0.236 e. The Labute approximate surface area is 186 Å². The number of carbonyl (C=O) groups excluding carboxylic acids is 2. The summed E-state index contributed by atoms with van der Waals surface area (Å²) >= 11 is 0. The van der Waals surface area contributed by atoms with E-state index in [-0.39, 0.29) is 29.2 Å². The van der Waals surface area contributed by atoms with Gasteiger partial charge in [-0.25, -0.2) is 13.4 Å². The number of hydrogen-bond donors (Lipinski definition) is 2. The maximum absolute atomic E-state index is 12.6. The predicted octanol–water partition coefficient (Wildman–Crippen LogP) is 0.290. The Balaban J connectivity index is 1.21. The largest absolute Gasteiger partial charge is 0.368 e. The molecule has 3 aliphatic rings. The van der Waals surface area contributed by atoms with Crippen molar-refractivity contribution in [3.05, 3.63) is 18.3 Å². The highest BCUT2D eigenvalue weighted by molar-refractivity contribution is 7.91. The second-order valence-electron chi connectivity index (χ2n) is 8.83. The molecule has 0 bridgehead atoms. The van der Waals surface area contributed by atoms with Gasteiger partial charge in [-0.1, -0.05) is 0 Å². The van der Waals surface area contributed by atoms with E-state index in [0.717, 1.165) is 55.7 Å². The number of fused-ring (bicyclic) bond motifs is 1. The lowest BCUT2D eigenvalue weighted by molar-refractivity contribution is -0.132. The molecular formula is C21H28N6O4S. The molecule has 2 saturated heterocycles. The zero-order valence-corrected chi connectivity index (χ0v) is 18.7. The van der Waals surface area contributed by atoms with Crippen LogP contribution in [-0.4, -0.2) is 97.3 Å². The lowest BCUT2D eigenvalue weighted by Gasteiger charge is -2.37. The van der Waals surface area contributed by atoms with Crippen LogP contribution in [0.4, 0.5) is 11.5 Å². The minimum atomic E-state index is -2.99. The summed E-state index contributed by atoms with van der Waals surface area (Å²) < 4.78 is 23.2. The normalized spacial score (nSPS) is 21.6. The van der Waals surface area contributed by atoms with Crippen molar-refractivity contribution < 1.29 is 18.0 Å². The summed E-state index contributed by atoms with van der Waals surface area (Å²) in [6, 6.07) is 3.93. The average molecular weight is 461 g/mol. The number of pyridine rings is 1. The summed E-state index contributed by atoms with van der Waals surface area (Å²) in [5.74, 6) is 0.811. The number of rotatable bonds is 5. The van der Waals surface area contributed by atoms with Crippen LogP contribution in [0.1, 0.15) is 12.8 Å². The van der Waals surface area contributed by atoms with Gasteiger partial charge < -0.3 is 20.1 Å². The van der Waals surface area contributed by atoms with Crippen LogP contribution in [0.15, 0.2) is 18.3 Å². The number of anilines is 2. The molecule has 10 nitrogen and oxygen atoms in total. The number of amides is 2. The highest BCUT2D eigenvalue weighted by atomic mass is 32.2. The first kappa shape index (κ1) is 21.2. The van der Waals surface area contributed by atoms with Gasteiger partial charge in [0.15, 0.2) is 9.84 Å². The average Bonchev–Trinajstić information content (AvgIpc) is 3.52. The van der Waals surface area contributed by atoms with E-state index in [1.54, 1.807) is 4.90 Å². The number of nitrogens with one attached hydrogen (secondary N) is 2. The number of aromatic amines is 1. The molecule has 2 amide bonds. The van der Waals surface area contributed by atoms with E-state index in [1.807, 2.05) is 18.3 Å². The zero-order chi connectivity index (χ0) is 22.3. The van der Waals surface area contributed by atoms with Crippen molar-refractivity contribution in [2.75, 3.05) is 67.5 Å². The first-order valence-electron chi connectivity index (χ1n) is 11.1. The number of H-pyrrole nitrogens is 1. The van der Waals surface area contributed by atoms with Crippen LogP contribution in [0.3, 0.4) is 0 Å². The summed E-state index contributed by atoms with van der Waals surface area (Å²) in [6.45, 7) is 3.86. The fraction of sp³-hybridized carbons (Fsp3) is 0.571. The first-order chi connectivity index (χ1) is 15.4. The number of hydrogen-bond acceptors (Lipinski definition) is 7. The van der Waals surface area contributed by atoms with Gasteiger partial charge in [-0.3, -0.25) is 14.5 Å². The predicted molar refractivity (Wildman–Crippen MR) is 121 cm³/mol. The Morgan fingerprint density at radius 1 is 1.09 bits per heavy atom. The summed E-state index contributed by atoms with van der Waals surface area (Å²) in [6.07, 6.45) is 3.73. The molecule has 2 aliphatic heterocycles. The number of carbonyl (C=O) groups is 2. The van der Waals surface area contributed by atoms with Crippen LogP contribution >= 0.6 is 0 Å². The van der Waals surface area contributed by atoms with Crippen molar-refractivity contribution in [2.45, 2.75) is 12.8 Å². The van der Waals surface area contributed by atoms with Gasteiger partial charge >= 0.3 is 0 Å². The van der Waals surface area contributed by atoms with Gasteiger partial charge in [-0.05, 0) is 18.9 Å². The molecule has 0 atom stereocenters. The zero-order valence-electron chi connectivity index (χ0n) is 17.9. The molecule has 11 heteroatoms. The molecule has 3 fully saturated rings. The van der Waals surface area contributed by atoms with Gasteiger partial charge in [-0.15, -0.1) is 0 Å². The Morgan fingerprint density at radius 3 is 2.50 bits per heavy atom. The highest BCUT2D eigenvalue weighted by Gasteiger charge is 2.31. The van der Waals surface area contributed by atoms with Gasteiger partial charge in [-0.2, -0.15) is 0 Å². The van der Waals surface area contributed by atoms with Crippen molar-refractivity contribution >= 4 is 44.2 Å². The third-order valence-electron chi connectivity index (χ3n) is 6.48. The van der Waals surface area contributed by atoms with Crippen LogP contribution in [0.25, 0.3) is 11.0 Å². The second-order valence-corrected chi connectivity index (χ2v) is 11.1. The molecule has 172 valence electrons. The summed E-state index contributed by atoms with van der Waals surface area (Å²) in [7, 11) is -2.99. The van der Waals surface area contributed by atoms with Crippen LogP contribution in [-0.2, 0) is 19.4 Å². The van der Waals surface area contributed by atoms with E-state index >= 15 is 0 Å². The van der Waals surface area contributed by atoms with E-state index in [0.29, 0.717) is 25.5 Å². The molecule has 4 heterocycles. The van der Waals surface area contributed by atoms with Crippen LogP contribution < -0.4 is 10.2 Å². The lowest BCUT2D eigenvalue weighted by Crippen LogP contribution is -2.52. The number of piperazine rings is 1. The SMILES string of the molecule is O=C(Nc1cc(N2CCN(CC(=O)N3CCS(=O)(=O)CC3)CC2)c2cc[nH]c2n1)C1CC1. The van der Waals surface area contributed by atoms with Crippen LogP contribution in [0, 0.1) is 5.92 Å². The van der Waals surface area contributed by atoms with Crippen molar-refractivity contribution in [1.29, 1.82) is 0 Å². The summed E-state index contributed by atoms with van der Waals surface area (Å²) in [5, 5.41) is 3.95. The lowest BCUT2D eigenvalue weighted by atomic mass is 10.2. The molecule has 0 unspecified atom stereocenters. The van der Waals surface area contributed by atoms with Crippen molar-refractivity contribution in [2.24, 2.45) is 5.92 Å². The van der Waals surface area contributed by atoms with Gasteiger partial charge in [0.2, 0.25) is 11.8 Å². The van der Waals surface area contributed by atoms with E-state index < -0.39 is 9.84 Å². The quantitative estimate of drug-likeness (QED) is 0.658. The van der Waals surface area contributed by atoms with Gasteiger partial charge in [0.25, 0.3) is 0 Å². The van der Waals surface area contributed by atoms with E-state index in [9.17, 15) is 18.0 Å². The Bertz CT molecular complexity index is 1120. The molecule has 1 saturated carbocycles. The molecular weight excluding hydrogens is 432 g/mol. The Hall–Kier alpha value is -2.66. The summed E-state index contributed by atoms with van der Waals surface area (Å²) in [5.41, 5.74) is 1.76. The molecule has 0 spiro atoms. The second kappa shape index (κ2) is 8.36. The Morgan fingerprint density at radius 2 is 1.81 bits per heavy atom. The molecule has 1 aliphatic carbocycles. The fourth-order valence-corrected chi connectivity index (χ4v) is 5.52. The minimum Gasteiger partial charge on any atom is -0.368 e. The Kier molecular flexibility index (Phi) is 5.54. The van der Waals surface area contributed by atoms with E-state index in [1.165, 1.54) is 0 Å². The highest BCUT2D eigenvalue weighted by Crippen LogP contribution is 2.32. The summed E-state index contributed by atoms with van der Waals surface area (Å²) in [4.78, 5) is 38.5. The third-order valence-corrected chi connectivity index (χ3v) is 8.08. The fourth-order valence-electron chi connectivity index (χ4n) is 4.32. The van der Waals surface area contributed by atoms with Crippen molar-refractivity contribution in [3.8, 4) is 0 Å². The van der Waals surface area contributed by atoms with Crippen LogP contribution in [0.5, 0.6) is 0 Å².